The van der Waals surface area contributed by atoms with Crippen LogP contribution in [0.3, 0.4) is 0 Å². The number of nitrogens with one attached hydrogen (secondary N) is 1. The number of amides is 1. The topological polar surface area (TPSA) is 81.9 Å². The fourth-order valence-corrected chi connectivity index (χ4v) is 4.02. The van der Waals surface area contributed by atoms with Crippen LogP contribution in [0, 0.1) is 24.3 Å². The van der Waals surface area contributed by atoms with E-state index in [1.54, 1.807) is 31.5 Å². The summed E-state index contributed by atoms with van der Waals surface area (Å²) in [5.41, 5.74) is 8.28. The summed E-state index contributed by atoms with van der Waals surface area (Å²) in [6.45, 7) is 5.92. The van der Waals surface area contributed by atoms with Gasteiger partial charge in [0.1, 0.15) is 5.75 Å². The minimum atomic E-state index is -0.366. The van der Waals surface area contributed by atoms with Gasteiger partial charge in [0.25, 0.3) is 5.91 Å². The molecule has 3 rings (SSSR count). The number of esters is 1. The molecule has 32 heavy (non-hydrogen) atoms. The Labute approximate surface area is 200 Å². The van der Waals surface area contributed by atoms with Crippen molar-refractivity contribution < 1.29 is 19.1 Å². The van der Waals surface area contributed by atoms with E-state index in [1.165, 1.54) is 7.11 Å². The van der Waals surface area contributed by atoms with Crippen LogP contribution < -0.4 is 10.2 Å². The molecule has 0 unspecified atom stereocenters. The van der Waals surface area contributed by atoms with Crippen molar-refractivity contribution in [3.63, 3.8) is 0 Å². The van der Waals surface area contributed by atoms with Crippen LogP contribution in [-0.2, 0) is 4.74 Å². The molecule has 1 amide bonds. The van der Waals surface area contributed by atoms with Crippen molar-refractivity contribution in [1.82, 2.24) is 9.99 Å². The van der Waals surface area contributed by atoms with Crippen molar-refractivity contribution >= 4 is 40.7 Å². The molecule has 0 radical (unpaired) electrons. The molecule has 3 aromatic rings. The summed E-state index contributed by atoms with van der Waals surface area (Å²) < 4.78 is 13.1. The normalized spacial score (nSPS) is 10.9. The Hall–Kier alpha value is -3.14. The number of halogens is 1. The van der Waals surface area contributed by atoms with Crippen molar-refractivity contribution in [2.45, 2.75) is 20.8 Å². The fourth-order valence-electron chi connectivity index (χ4n) is 3.47. The minimum Gasteiger partial charge on any atom is -0.496 e. The van der Waals surface area contributed by atoms with E-state index in [4.69, 9.17) is 9.47 Å². The molecule has 0 fully saturated rings. The number of methoxy groups -OCH3 is 2. The summed E-state index contributed by atoms with van der Waals surface area (Å²) in [6, 6.07) is 12.7. The second-order valence-electron chi connectivity index (χ2n) is 7.20. The Morgan fingerprint density at radius 3 is 2.41 bits per heavy atom. The smallest absolute Gasteiger partial charge is 0.337 e. The Morgan fingerprint density at radius 2 is 1.75 bits per heavy atom. The van der Waals surface area contributed by atoms with E-state index in [0.29, 0.717) is 16.9 Å². The van der Waals surface area contributed by atoms with Crippen molar-refractivity contribution in [2.24, 2.45) is 5.10 Å². The lowest BCUT2D eigenvalue weighted by Gasteiger charge is -2.13. The van der Waals surface area contributed by atoms with Gasteiger partial charge in [0, 0.05) is 28.2 Å². The van der Waals surface area contributed by atoms with E-state index < -0.39 is 0 Å². The van der Waals surface area contributed by atoms with Crippen LogP contribution in [0.5, 0.6) is 5.75 Å². The number of carbonyl (C=O) groups excluding carboxylic acids is 2. The van der Waals surface area contributed by atoms with E-state index in [2.05, 4.69) is 37.7 Å². The highest BCUT2D eigenvalue weighted by atomic mass is 127. The Balaban J connectivity index is 1.81. The predicted octanol–water partition coefficient (Wildman–Crippen LogP) is 4.57. The number of carbonyl (C=O) groups is 2. The Morgan fingerprint density at radius 1 is 1.03 bits per heavy atom. The summed E-state index contributed by atoms with van der Waals surface area (Å²) >= 11 is 2.15. The van der Waals surface area contributed by atoms with Gasteiger partial charge in [-0.05, 0) is 91.4 Å². The highest BCUT2D eigenvalue weighted by Crippen LogP contribution is 2.24. The zero-order valence-corrected chi connectivity index (χ0v) is 20.7. The molecular formula is C24H24IN3O4. The molecule has 0 spiro atoms. The molecule has 166 valence electrons. The predicted molar refractivity (Wildman–Crippen MR) is 132 cm³/mol. The third kappa shape index (κ3) is 4.85. The molecule has 1 aromatic heterocycles. The lowest BCUT2D eigenvalue weighted by molar-refractivity contribution is 0.0600. The van der Waals surface area contributed by atoms with Gasteiger partial charge < -0.3 is 14.0 Å². The van der Waals surface area contributed by atoms with Crippen LogP contribution >= 0.6 is 22.6 Å². The molecule has 0 saturated carbocycles. The zero-order valence-electron chi connectivity index (χ0n) is 18.5. The van der Waals surface area contributed by atoms with Gasteiger partial charge in [-0.25, -0.2) is 10.2 Å². The van der Waals surface area contributed by atoms with Crippen LogP contribution in [0.4, 0.5) is 0 Å². The number of aryl methyl sites for hydroxylation is 2. The number of benzene rings is 2. The largest absolute Gasteiger partial charge is 0.496 e. The maximum absolute atomic E-state index is 12.4. The van der Waals surface area contributed by atoms with Crippen molar-refractivity contribution in [3.05, 3.63) is 79.7 Å². The first-order chi connectivity index (χ1) is 15.3. The van der Waals surface area contributed by atoms with Gasteiger partial charge in [-0.1, -0.05) is 0 Å². The van der Waals surface area contributed by atoms with Gasteiger partial charge in [-0.15, -0.1) is 0 Å². The molecule has 8 heteroatoms. The number of hydrazone groups is 1. The van der Waals surface area contributed by atoms with E-state index >= 15 is 0 Å². The maximum Gasteiger partial charge on any atom is 0.337 e. The number of aromatic nitrogens is 1. The van der Waals surface area contributed by atoms with Crippen molar-refractivity contribution in [1.29, 1.82) is 0 Å². The molecule has 2 aromatic carbocycles. The first-order valence-electron chi connectivity index (χ1n) is 9.82. The van der Waals surface area contributed by atoms with Gasteiger partial charge in [-0.2, -0.15) is 5.10 Å². The summed E-state index contributed by atoms with van der Waals surface area (Å²) in [4.78, 5) is 24.2. The van der Waals surface area contributed by atoms with E-state index in [1.807, 2.05) is 45.0 Å². The summed E-state index contributed by atoms with van der Waals surface area (Å²) in [7, 11) is 2.93. The zero-order chi connectivity index (χ0) is 23.4. The lowest BCUT2D eigenvalue weighted by atomic mass is 10.1. The fraction of sp³-hybridized carbons (Fsp3) is 0.208. The average molecular weight is 545 g/mol. The first-order valence-corrected chi connectivity index (χ1v) is 10.9. The molecule has 1 N–H and O–H groups in total. The number of hydrogen-bond donors (Lipinski definition) is 1. The quantitative estimate of drug-likeness (QED) is 0.213. The highest BCUT2D eigenvalue weighted by molar-refractivity contribution is 14.1. The van der Waals surface area contributed by atoms with Crippen LogP contribution in [0.25, 0.3) is 5.69 Å². The molecular weight excluding hydrogens is 521 g/mol. The van der Waals surface area contributed by atoms with Gasteiger partial charge in [-0.3, -0.25) is 4.79 Å². The van der Waals surface area contributed by atoms with Crippen LogP contribution in [-0.4, -0.2) is 36.9 Å². The monoisotopic (exact) mass is 545 g/mol. The number of rotatable bonds is 6. The van der Waals surface area contributed by atoms with E-state index in [0.717, 1.165) is 31.8 Å². The van der Waals surface area contributed by atoms with Gasteiger partial charge in [0.2, 0.25) is 0 Å². The van der Waals surface area contributed by atoms with Gasteiger partial charge in [0.05, 0.1) is 29.6 Å². The first kappa shape index (κ1) is 23.5. The van der Waals surface area contributed by atoms with Crippen LogP contribution in [0.1, 0.15) is 43.2 Å². The number of ether oxygens (including phenoxy) is 2. The van der Waals surface area contributed by atoms with Crippen LogP contribution in [0.2, 0.25) is 0 Å². The van der Waals surface area contributed by atoms with Crippen LogP contribution in [0.15, 0.2) is 47.6 Å². The third-order valence-electron chi connectivity index (χ3n) is 5.11. The standard InChI is InChI=1S/C24H24IN3O4/c1-14-10-18(24(30)32-5)7-9-21(14)28-15(2)11-19(16(28)3)13-26-27-23(29)17-6-8-20(25)22(12-17)31-4/h6-13H,1-5H3,(H,27,29)/b26-13-. The molecule has 0 atom stereocenters. The average Bonchev–Trinajstić information content (AvgIpc) is 3.06. The second-order valence-corrected chi connectivity index (χ2v) is 8.37. The molecule has 0 saturated heterocycles. The molecule has 0 aliphatic rings. The maximum atomic E-state index is 12.4. The van der Waals surface area contributed by atoms with Gasteiger partial charge in [0.15, 0.2) is 0 Å². The molecule has 0 bridgehead atoms. The molecule has 0 aliphatic heterocycles. The van der Waals surface area contributed by atoms with Gasteiger partial charge >= 0.3 is 5.97 Å². The number of nitrogens with zero attached hydrogens (tertiary/aromatic N) is 2. The number of hydrogen-bond acceptors (Lipinski definition) is 5. The summed E-state index contributed by atoms with van der Waals surface area (Å²) in [6.07, 6.45) is 1.62. The van der Waals surface area contributed by atoms with E-state index in [9.17, 15) is 9.59 Å². The lowest BCUT2D eigenvalue weighted by Crippen LogP contribution is -2.17. The minimum absolute atomic E-state index is 0.320. The summed E-state index contributed by atoms with van der Waals surface area (Å²) in [5.74, 6) is -0.0479. The van der Waals surface area contributed by atoms with E-state index in [-0.39, 0.29) is 11.9 Å². The van der Waals surface area contributed by atoms with Crippen molar-refractivity contribution in [3.8, 4) is 11.4 Å². The SMILES string of the molecule is COC(=O)c1ccc(-n2c(C)cc(/C=N\NC(=O)c3ccc(I)c(OC)c3)c2C)c(C)c1. The summed E-state index contributed by atoms with van der Waals surface area (Å²) in [5, 5.41) is 4.13. The highest BCUT2D eigenvalue weighted by Gasteiger charge is 2.14. The second kappa shape index (κ2) is 9.99. The Kier molecular flexibility index (Phi) is 7.34. The molecule has 7 nitrogen and oxygen atoms in total. The molecule has 0 aliphatic carbocycles. The molecule has 1 heterocycles. The van der Waals surface area contributed by atoms with Crippen molar-refractivity contribution in [2.75, 3.05) is 14.2 Å². The Bertz CT molecular complexity index is 1210. The third-order valence-corrected chi connectivity index (χ3v) is 6.00.